The van der Waals surface area contributed by atoms with Crippen LogP contribution in [0.5, 0.6) is 0 Å². The first-order valence-corrected chi connectivity index (χ1v) is 13.8. The summed E-state index contributed by atoms with van der Waals surface area (Å²) in [7, 11) is 0. The van der Waals surface area contributed by atoms with E-state index in [-0.39, 0.29) is 34.2 Å². The van der Waals surface area contributed by atoms with Gasteiger partial charge in [0.25, 0.3) is 0 Å². The van der Waals surface area contributed by atoms with E-state index in [1.54, 1.807) is 10.7 Å². The van der Waals surface area contributed by atoms with Crippen LogP contribution in [0.4, 0.5) is 4.39 Å². The Kier molecular flexibility index (Phi) is 5.41. The van der Waals surface area contributed by atoms with Crippen molar-refractivity contribution in [2.24, 2.45) is 46.3 Å². The fraction of sp³-hybridized carbons (Fsp3) is 0.750. The number of carbonyl (C=O) groups is 1. The zero-order valence-electron chi connectivity index (χ0n) is 20.7. The molecule has 4 fully saturated rings. The molecule has 3 unspecified atom stereocenters. The van der Waals surface area contributed by atoms with Crippen molar-refractivity contribution < 1.29 is 9.18 Å². The third-order valence-electron chi connectivity index (χ3n) is 11.2. The summed E-state index contributed by atoms with van der Waals surface area (Å²) in [5.41, 5.74) is 1.26. The lowest BCUT2D eigenvalue weighted by atomic mass is 9.44. The van der Waals surface area contributed by atoms with E-state index < -0.39 is 5.82 Å². The number of Topliss-reactive ketones (excluding diaryl/α,β-unsaturated/α-hetero) is 1. The quantitative estimate of drug-likeness (QED) is 0.466. The van der Waals surface area contributed by atoms with Crippen LogP contribution in [0.1, 0.15) is 78.6 Å². The average Bonchev–Trinajstić information content (AvgIpc) is 3.37. The van der Waals surface area contributed by atoms with Crippen LogP contribution in [0.3, 0.4) is 0 Å². The Morgan fingerprint density at radius 2 is 1.85 bits per heavy atom. The molecule has 0 spiro atoms. The number of fused-ring (bicyclic) bond motifs is 6. The smallest absolute Gasteiger partial charge is 0.171 e. The molecule has 4 saturated carbocycles. The van der Waals surface area contributed by atoms with Gasteiger partial charge in [-0.1, -0.05) is 44.0 Å². The van der Waals surface area contributed by atoms with E-state index in [1.807, 2.05) is 0 Å². The molecule has 1 aromatic heterocycles. The van der Waals surface area contributed by atoms with Crippen LogP contribution < -0.4 is 0 Å². The Hall–Kier alpha value is -1.49. The van der Waals surface area contributed by atoms with Gasteiger partial charge in [-0.3, -0.25) is 4.79 Å². The maximum absolute atomic E-state index is 14.3. The Labute approximate surface area is 207 Å². The largest absolute Gasteiger partial charge is 0.297 e. The maximum Gasteiger partial charge on any atom is 0.171 e. The minimum absolute atomic E-state index is 0.0321. The molecule has 1 heterocycles. The lowest BCUT2D eigenvalue weighted by molar-refractivity contribution is -0.137. The number of rotatable bonds is 3. The van der Waals surface area contributed by atoms with Gasteiger partial charge in [-0.15, -0.1) is 5.10 Å². The highest BCUT2D eigenvalue weighted by molar-refractivity contribution is 6.31. The third-order valence-corrected chi connectivity index (χ3v) is 11.5. The van der Waals surface area contributed by atoms with E-state index in [9.17, 15) is 9.18 Å². The normalized spacial score (nSPS) is 41.7. The van der Waals surface area contributed by atoms with Crippen molar-refractivity contribution in [1.82, 2.24) is 15.0 Å². The topological polar surface area (TPSA) is 47.8 Å². The first kappa shape index (κ1) is 22.9. The number of ketones is 1. The predicted octanol–water partition coefficient (Wildman–Crippen LogP) is 7.09. The molecule has 2 aromatic rings. The highest BCUT2D eigenvalue weighted by atomic mass is 35.5. The van der Waals surface area contributed by atoms with Crippen LogP contribution in [0, 0.1) is 52.2 Å². The second kappa shape index (κ2) is 8.01. The summed E-state index contributed by atoms with van der Waals surface area (Å²) in [6.45, 7) is 7.62. The molecule has 4 nitrogen and oxygen atoms in total. The van der Waals surface area contributed by atoms with Crippen molar-refractivity contribution in [3.63, 3.8) is 0 Å². The molecule has 184 valence electrons. The molecular formula is C28H37ClFN3O. The minimum Gasteiger partial charge on any atom is -0.297 e. The minimum atomic E-state index is -0.565. The summed E-state index contributed by atoms with van der Waals surface area (Å²) in [6, 6.07) is 3.23. The number of nitrogens with zero attached hydrogens (tertiary/aromatic N) is 3. The van der Waals surface area contributed by atoms with E-state index in [0.29, 0.717) is 16.8 Å². The van der Waals surface area contributed by atoms with Crippen LogP contribution in [-0.2, 0) is 11.3 Å². The first-order valence-electron chi connectivity index (χ1n) is 13.4. The SMILES string of the molecule is C[C@H]1CC[C@@]2(C)C(CC[C@@H]3C2CC[C@@]2(C)C3CC[C@@H]2C(=O)Cn2nnc3c(F)c(Cl)ccc32)C1. The number of hydrogen-bond acceptors (Lipinski definition) is 3. The van der Waals surface area contributed by atoms with Crippen LogP contribution in [0.25, 0.3) is 11.0 Å². The standard InChI is InChI=1S/C28H37ClFN3O/c1-16-10-12-27(2)17(14-16)4-5-18-19-6-7-21(28(19,3)13-11-20(18)27)24(34)15-33-23-9-8-22(29)25(30)26(23)31-32-33/h8-9,16-21H,4-7,10-15H2,1-3H3/t16-,17?,18-,19?,20?,21+,27-,28-/m0/s1. The van der Waals surface area contributed by atoms with Gasteiger partial charge in [0.15, 0.2) is 11.6 Å². The molecule has 6 rings (SSSR count). The molecule has 34 heavy (non-hydrogen) atoms. The highest BCUT2D eigenvalue weighted by Crippen LogP contribution is 2.67. The van der Waals surface area contributed by atoms with Gasteiger partial charge >= 0.3 is 0 Å². The zero-order valence-corrected chi connectivity index (χ0v) is 21.5. The van der Waals surface area contributed by atoms with Gasteiger partial charge < -0.3 is 0 Å². The Morgan fingerprint density at radius 1 is 1.09 bits per heavy atom. The van der Waals surface area contributed by atoms with Gasteiger partial charge in [-0.25, -0.2) is 9.07 Å². The molecule has 0 saturated heterocycles. The van der Waals surface area contributed by atoms with Crippen LogP contribution in [0.2, 0.25) is 5.02 Å². The lowest BCUT2D eigenvalue weighted by Gasteiger charge is -2.61. The summed E-state index contributed by atoms with van der Waals surface area (Å²) in [5.74, 6) is 3.77. The monoisotopic (exact) mass is 485 g/mol. The summed E-state index contributed by atoms with van der Waals surface area (Å²) in [4.78, 5) is 13.6. The van der Waals surface area contributed by atoms with Crippen LogP contribution in [0.15, 0.2) is 12.1 Å². The molecule has 1 aromatic carbocycles. The third kappa shape index (κ3) is 3.24. The highest BCUT2D eigenvalue weighted by Gasteiger charge is 2.60. The number of hydrogen-bond donors (Lipinski definition) is 0. The summed E-state index contributed by atoms with van der Waals surface area (Å²) >= 11 is 5.90. The second-order valence-electron chi connectivity index (χ2n) is 12.7. The van der Waals surface area contributed by atoms with Gasteiger partial charge in [-0.2, -0.15) is 0 Å². The molecule has 0 bridgehead atoms. The first-order chi connectivity index (χ1) is 16.2. The fourth-order valence-corrected chi connectivity index (χ4v) is 9.51. The maximum atomic E-state index is 14.3. The molecule has 4 aliphatic carbocycles. The van der Waals surface area contributed by atoms with Gasteiger partial charge in [0.05, 0.1) is 10.5 Å². The number of benzene rings is 1. The molecule has 0 radical (unpaired) electrons. The number of halogens is 2. The van der Waals surface area contributed by atoms with E-state index in [1.165, 1.54) is 51.0 Å². The van der Waals surface area contributed by atoms with Crippen molar-refractivity contribution in [3.05, 3.63) is 23.0 Å². The van der Waals surface area contributed by atoms with Crippen molar-refractivity contribution >= 4 is 28.4 Å². The molecule has 0 N–H and O–H groups in total. The van der Waals surface area contributed by atoms with E-state index in [4.69, 9.17) is 11.6 Å². The number of carbonyl (C=O) groups excluding carboxylic acids is 1. The Balaban J connectivity index is 1.22. The van der Waals surface area contributed by atoms with Gasteiger partial charge in [0.1, 0.15) is 12.1 Å². The molecule has 0 aliphatic heterocycles. The Morgan fingerprint density at radius 3 is 2.68 bits per heavy atom. The molecule has 0 amide bonds. The molecule has 8 atom stereocenters. The van der Waals surface area contributed by atoms with E-state index in [2.05, 4.69) is 31.1 Å². The zero-order chi connectivity index (χ0) is 23.8. The molecular weight excluding hydrogens is 449 g/mol. The van der Waals surface area contributed by atoms with Crippen molar-refractivity contribution in [2.45, 2.75) is 85.1 Å². The van der Waals surface area contributed by atoms with E-state index in [0.717, 1.165) is 36.5 Å². The Bertz CT molecular complexity index is 1130. The summed E-state index contributed by atoms with van der Waals surface area (Å²) < 4.78 is 15.9. The van der Waals surface area contributed by atoms with Gasteiger partial charge in [-0.05, 0) is 104 Å². The molecule has 6 heteroatoms. The van der Waals surface area contributed by atoms with Crippen LogP contribution >= 0.6 is 11.6 Å². The van der Waals surface area contributed by atoms with Crippen molar-refractivity contribution in [3.8, 4) is 0 Å². The average molecular weight is 486 g/mol. The van der Waals surface area contributed by atoms with Crippen molar-refractivity contribution in [2.75, 3.05) is 0 Å². The van der Waals surface area contributed by atoms with Gasteiger partial charge in [0, 0.05) is 5.92 Å². The molecule has 4 aliphatic rings. The summed E-state index contributed by atoms with van der Waals surface area (Å²) in [5, 5.41) is 8.10. The van der Waals surface area contributed by atoms with Crippen molar-refractivity contribution in [1.29, 1.82) is 0 Å². The van der Waals surface area contributed by atoms with Gasteiger partial charge in [0.2, 0.25) is 0 Å². The van der Waals surface area contributed by atoms with E-state index >= 15 is 0 Å². The number of aromatic nitrogens is 3. The summed E-state index contributed by atoms with van der Waals surface area (Å²) in [6.07, 6.45) is 11.5. The predicted molar refractivity (Wildman–Crippen MR) is 132 cm³/mol. The lowest BCUT2D eigenvalue weighted by Crippen LogP contribution is -2.53. The second-order valence-corrected chi connectivity index (χ2v) is 13.1. The van der Waals surface area contributed by atoms with Crippen LogP contribution in [-0.4, -0.2) is 20.8 Å². The fourth-order valence-electron chi connectivity index (χ4n) is 9.36.